The molecule has 0 unspecified atom stereocenters. The topological polar surface area (TPSA) is 104 Å². The van der Waals surface area contributed by atoms with Crippen molar-refractivity contribution in [3.8, 4) is 5.75 Å². The van der Waals surface area contributed by atoms with Crippen LogP contribution in [-0.2, 0) is 25.7 Å². The average molecular weight is 359 g/mol. The molecule has 0 spiro atoms. The number of hydrogen-bond donors (Lipinski definition) is 1. The van der Waals surface area contributed by atoms with E-state index in [2.05, 4.69) is 10.1 Å². The highest BCUT2D eigenvalue weighted by atomic mass is 16.5. The Morgan fingerprint density at radius 1 is 1.27 bits per heavy atom. The van der Waals surface area contributed by atoms with E-state index in [0.717, 1.165) is 0 Å². The molecule has 0 radical (unpaired) electrons. The number of amides is 1. The van der Waals surface area contributed by atoms with Gasteiger partial charge in [0.1, 0.15) is 29.4 Å². The van der Waals surface area contributed by atoms with E-state index in [1.807, 2.05) is 0 Å². The molecule has 1 aliphatic heterocycles. The molecule has 1 aromatic heterocycles. The lowest BCUT2D eigenvalue weighted by atomic mass is 10.1. The Bertz CT molecular complexity index is 855. The maximum atomic E-state index is 12.0. The van der Waals surface area contributed by atoms with Crippen LogP contribution in [0.4, 0.5) is 5.69 Å². The van der Waals surface area contributed by atoms with Gasteiger partial charge in [-0.05, 0) is 25.1 Å². The lowest BCUT2D eigenvalue weighted by Gasteiger charge is -2.25. The summed E-state index contributed by atoms with van der Waals surface area (Å²) >= 11 is 0. The lowest BCUT2D eigenvalue weighted by molar-refractivity contribution is -0.149. The summed E-state index contributed by atoms with van der Waals surface area (Å²) in [6, 6.07) is 8.40. The summed E-state index contributed by atoms with van der Waals surface area (Å²) in [6.45, 7) is 1.44. The summed E-state index contributed by atoms with van der Waals surface area (Å²) < 4.78 is 20.6. The Balaban J connectivity index is 1.56. The fraction of sp³-hybridized carbons (Fsp3) is 0.278. The summed E-state index contributed by atoms with van der Waals surface area (Å²) in [5.41, 5.74) is 0.827. The van der Waals surface area contributed by atoms with Crippen molar-refractivity contribution < 1.29 is 33.0 Å². The van der Waals surface area contributed by atoms with E-state index in [9.17, 15) is 14.4 Å². The van der Waals surface area contributed by atoms with Gasteiger partial charge in [0.25, 0.3) is 5.91 Å². The van der Waals surface area contributed by atoms with Crippen molar-refractivity contribution in [3.05, 3.63) is 47.4 Å². The van der Waals surface area contributed by atoms with Crippen LogP contribution in [0.2, 0.25) is 0 Å². The zero-order valence-corrected chi connectivity index (χ0v) is 14.2. The molecule has 0 saturated heterocycles. The number of carbonyl (C=O) groups excluding carboxylic acids is 3. The molecule has 136 valence electrons. The number of nitrogens with one attached hydrogen (secondary N) is 1. The van der Waals surface area contributed by atoms with Crippen LogP contribution >= 0.6 is 0 Å². The number of carbonyl (C=O) groups is 3. The van der Waals surface area contributed by atoms with Gasteiger partial charge in [-0.3, -0.25) is 9.59 Å². The molecular formula is C18H17NO7. The van der Waals surface area contributed by atoms with E-state index in [4.69, 9.17) is 13.9 Å². The van der Waals surface area contributed by atoms with Crippen LogP contribution in [0.5, 0.6) is 5.75 Å². The second-order valence-electron chi connectivity index (χ2n) is 5.63. The zero-order chi connectivity index (χ0) is 18.7. The third kappa shape index (κ3) is 3.69. The van der Waals surface area contributed by atoms with Gasteiger partial charge in [0.15, 0.2) is 6.10 Å². The van der Waals surface area contributed by atoms with Gasteiger partial charge in [0, 0.05) is 0 Å². The Kier molecular flexibility index (Phi) is 4.92. The zero-order valence-electron chi connectivity index (χ0n) is 14.2. The largest absolute Gasteiger partial charge is 0.478 e. The van der Waals surface area contributed by atoms with E-state index in [1.165, 1.54) is 13.2 Å². The Morgan fingerprint density at radius 3 is 2.81 bits per heavy atom. The van der Waals surface area contributed by atoms with Gasteiger partial charge in [-0.1, -0.05) is 12.1 Å². The fourth-order valence-electron chi connectivity index (χ4n) is 2.52. The van der Waals surface area contributed by atoms with Crippen LogP contribution in [-0.4, -0.2) is 31.1 Å². The summed E-state index contributed by atoms with van der Waals surface area (Å²) in [5, 5.41) is 2.68. The monoisotopic (exact) mass is 359 g/mol. The predicted molar refractivity (Wildman–Crippen MR) is 88.7 cm³/mol. The maximum absolute atomic E-state index is 12.0. The summed E-state index contributed by atoms with van der Waals surface area (Å²) in [5.74, 6) is -0.408. The van der Waals surface area contributed by atoms with Crippen molar-refractivity contribution in [3.63, 3.8) is 0 Å². The Labute approximate surface area is 149 Å². The quantitative estimate of drug-likeness (QED) is 0.816. The molecule has 3 rings (SSSR count). The maximum Gasteiger partial charge on any atom is 0.341 e. The normalized spacial score (nSPS) is 15.5. The molecule has 1 amide bonds. The van der Waals surface area contributed by atoms with Crippen molar-refractivity contribution in [2.24, 2.45) is 0 Å². The minimum atomic E-state index is -0.971. The number of benzene rings is 1. The third-order valence-corrected chi connectivity index (χ3v) is 3.81. The molecule has 2 aromatic rings. The van der Waals surface area contributed by atoms with Gasteiger partial charge in [-0.25, -0.2) is 4.79 Å². The molecule has 0 bridgehead atoms. The molecule has 0 saturated carbocycles. The first-order chi connectivity index (χ1) is 12.5. The highest BCUT2D eigenvalue weighted by Crippen LogP contribution is 2.29. The van der Waals surface area contributed by atoms with E-state index >= 15 is 0 Å². The number of anilines is 1. The number of fused-ring (bicyclic) bond motifs is 1. The number of para-hydroxylation sites is 2. The highest BCUT2D eigenvalue weighted by molar-refractivity contribution is 5.99. The molecular weight excluding hydrogens is 342 g/mol. The molecule has 1 atom stereocenters. The van der Waals surface area contributed by atoms with Crippen molar-refractivity contribution in [2.75, 3.05) is 12.4 Å². The van der Waals surface area contributed by atoms with Gasteiger partial charge in [0.05, 0.1) is 19.2 Å². The van der Waals surface area contributed by atoms with E-state index < -0.39 is 23.9 Å². The van der Waals surface area contributed by atoms with Crippen molar-refractivity contribution >= 4 is 23.5 Å². The number of ether oxygens (including phenoxy) is 3. The second-order valence-corrected chi connectivity index (χ2v) is 5.63. The van der Waals surface area contributed by atoms with Gasteiger partial charge in [-0.15, -0.1) is 0 Å². The third-order valence-electron chi connectivity index (χ3n) is 3.81. The van der Waals surface area contributed by atoms with Gasteiger partial charge in [-0.2, -0.15) is 0 Å². The Hall–Kier alpha value is -3.29. The van der Waals surface area contributed by atoms with Gasteiger partial charge >= 0.3 is 11.9 Å². The minimum absolute atomic E-state index is 0.165. The fourth-order valence-corrected chi connectivity index (χ4v) is 2.52. The summed E-state index contributed by atoms with van der Waals surface area (Å²) in [6.07, 6.45) is -1.22. The van der Waals surface area contributed by atoms with Crippen LogP contribution in [0.25, 0.3) is 0 Å². The Morgan fingerprint density at radius 2 is 2.04 bits per heavy atom. The van der Waals surface area contributed by atoms with E-state index in [-0.39, 0.29) is 18.6 Å². The number of furan rings is 1. The second kappa shape index (κ2) is 7.30. The molecule has 8 heteroatoms. The van der Waals surface area contributed by atoms with Crippen LogP contribution in [0.1, 0.15) is 28.3 Å². The first-order valence-electron chi connectivity index (χ1n) is 7.87. The minimum Gasteiger partial charge on any atom is -0.478 e. The molecule has 1 aromatic carbocycles. The SMILES string of the molecule is COC(=O)c1cc(COC(=O)C[C@H]2Oc3ccccc3NC2=O)oc1C. The lowest BCUT2D eigenvalue weighted by Crippen LogP contribution is -2.38. The molecule has 1 aliphatic rings. The van der Waals surface area contributed by atoms with Crippen molar-refractivity contribution in [2.45, 2.75) is 26.1 Å². The number of esters is 2. The number of aryl methyl sites for hydroxylation is 1. The first kappa shape index (κ1) is 17.5. The molecule has 26 heavy (non-hydrogen) atoms. The molecule has 0 aliphatic carbocycles. The number of hydrogen-bond acceptors (Lipinski definition) is 7. The molecule has 8 nitrogen and oxygen atoms in total. The van der Waals surface area contributed by atoms with Crippen LogP contribution in [0, 0.1) is 6.92 Å². The van der Waals surface area contributed by atoms with Gasteiger partial charge in [0.2, 0.25) is 0 Å². The highest BCUT2D eigenvalue weighted by Gasteiger charge is 2.30. The van der Waals surface area contributed by atoms with Crippen molar-refractivity contribution in [1.29, 1.82) is 0 Å². The number of rotatable bonds is 5. The van der Waals surface area contributed by atoms with Crippen LogP contribution in [0.15, 0.2) is 34.7 Å². The van der Waals surface area contributed by atoms with Crippen molar-refractivity contribution in [1.82, 2.24) is 0 Å². The molecule has 2 heterocycles. The van der Waals surface area contributed by atoms with E-state index in [0.29, 0.717) is 23.0 Å². The number of methoxy groups -OCH3 is 1. The standard InChI is InChI=1S/C18H17NO7/c1-10-12(18(22)23-2)7-11(25-10)9-24-16(20)8-15-17(21)19-13-5-3-4-6-14(13)26-15/h3-7,15H,8-9H2,1-2H3,(H,19,21)/t15-/m1/s1. The first-order valence-corrected chi connectivity index (χ1v) is 7.87. The van der Waals surface area contributed by atoms with E-state index in [1.54, 1.807) is 31.2 Å². The molecule has 0 fully saturated rings. The predicted octanol–water partition coefficient (Wildman–Crippen LogP) is 2.21. The van der Waals surface area contributed by atoms with Crippen LogP contribution < -0.4 is 10.1 Å². The summed E-state index contributed by atoms with van der Waals surface area (Å²) in [4.78, 5) is 35.6. The molecule has 1 N–H and O–H groups in total. The van der Waals surface area contributed by atoms with Crippen LogP contribution in [0.3, 0.4) is 0 Å². The average Bonchev–Trinajstić information content (AvgIpc) is 3.00. The summed E-state index contributed by atoms with van der Waals surface area (Å²) in [7, 11) is 1.27. The van der Waals surface area contributed by atoms with Gasteiger partial charge < -0.3 is 23.9 Å². The smallest absolute Gasteiger partial charge is 0.341 e.